The fourth-order valence-electron chi connectivity index (χ4n) is 2.02. The van der Waals surface area contributed by atoms with Gasteiger partial charge in [-0.05, 0) is 18.6 Å². The number of carbonyl (C=O) groups excluding carboxylic acids is 3. The number of halogens is 3. The summed E-state index contributed by atoms with van der Waals surface area (Å²) < 4.78 is 38.5. The highest BCUT2D eigenvalue weighted by Crippen LogP contribution is 2.32. The molecule has 0 atom stereocenters. The normalized spacial score (nSPS) is 16.4. The average molecular weight is 285 g/mol. The van der Waals surface area contributed by atoms with E-state index in [-0.39, 0.29) is 12.8 Å². The molecule has 0 saturated carbocycles. The van der Waals surface area contributed by atoms with Crippen LogP contribution in [0.1, 0.15) is 35.2 Å². The number of nitrogens with zero attached hydrogens (tertiary/aromatic N) is 1. The molecule has 106 valence electrons. The molecular formula is C13H10F3NO3. The Labute approximate surface area is 112 Å². The van der Waals surface area contributed by atoms with Crippen molar-refractivity contribution in [1.29, 1.82) is 0 Å². The number of benzene rings is 1. The van der Waals surface area contributed by atoms with Crippen molar-refractivity contribution in [3.8, 4) is 0 Å². The summed E-state index contributed by atoms with van der Waals surface area (Å²) >= 11 is 0. The Bertz CT molecular complexity index is 564. The molecule has 1 aliphatic heterocycles. The summed E-state index contributed by atoms with van der Waals surface area (Å²) in [6, 6.07) is 4.09. The van der Waals surface area contributed by atoms with Gasteiger partial charge in [-0.3, -0.25) is 14.4 Å². The van der Waals surface area contributed by atoms with E-state index < -0.39 is 35.0 Å². The minimum Gasteiger partial charge on any atom is -0.274 e. The molecule has 2 rings (SSSR count). The van der Waals surface area contributed by atoms with E-state index in [1.807, 2.05) is 0 Å². The van der Waals surface area contributed by atoms with Crippen molar-refractivity contribution in [2.75, 3.05) is 0 Å². The monoisotopic (exact) mass is 285 g/mol. The van der Waals surface area contributed by atoms with Gasteiger partial charge in [0.15, 0.2) is 0 Å². The van der Waals surface area contributed by atoms with Gasteiger partial charge >= 0.3 is 6.18 Å². The molecule has 4 nitrogen and oxygen atoms in total. The van der Waals surface area contributed by atoms with E-state index in [1.165, 1.54) is 6.07 Å². The fourth-order valence-corrected chi connectivity index (χ4v) is 2.02. The molecule has 0 aromatic heterocycles. The first kappa shape index (κ1) is 14.2. The number of rotatable bonds is 1. The molecule has 0 unspecified atom stereocenters. The number of amides is 3. The molecule has 3 amide bonds. The molecular weight excluding hydrogens is 275 g/mol. The minimum atomic E-state index is -4.73. The van der Waals surface area contributed by atoms with Crippen LogP contribution in [0.4, 0.5) is 13.2 Å². The van der Waals surface area contributed by atoms with Crippen molar-refractivity contribution in [3.05, 3.63) is 35.4 Å². The Kier molecular flexibility index (Phi) is 3.61. The molecule has 1 aliphatic rings. The maximum absolute atomic E-state index is 12.8. The van der Waals surface area contributed by atoms with E-state index in [0.717, 1.165) is 18.2 Å². The third-order valence-electron chi connectivity index (χ3n) is 2.95. The van der Waals surface area contributed by atoms with Crippen molar-refractivity contribution < 1.29 is 27.6 Å². The van der Waals surface area contributed by atoms with Gasteiger partial charge in [-0.1, -0.05) is 12.1 Å². The number of hydrogen-bond acceptors (Lipinski definition) is 3. The first-order chi connectivity index (χ1) is 9.32. The van der Waals surface area contributed by atoms with Crippen molar-refractivity contribution in [3.63, 3.8) is 0 Å². The van der Waals surface area contributed by atoms with Gasteiger partial charge in [0.2, 0.25) is 11.8 Å². The second-order valence-corrected chi connectivity index (χ2v) is 4.32. The summed E-state index contributed by atoms with van der Waals surface area (Å²) in [5.74, 6) is -2.74. The Morgan fingerprint density at radius 3 is 2.15 bits per heavy atom. The van der Waals surface area contributed by atoms with Gasteiger partial charge in [0.1, 0.15) is 0 Å². The van der Waals surface area contributed by atoms with Crippen LogP contribution in [0.25, 0.3) is 0 Å². The van der Waals surface area contributed by atoms with Crippen LogP contribution < -0.4 is 0 Å². The number of imide groups is 3. The van der Waals surface area contributed by atoms with Crippen molar-refractivity contribution in [2.45, 2.75) is 25.4 Å². The Morgan fingerprint density at radius 1 is 1.05 bits per heavy atom. The van der Waals surface area contributed by atoms with Crippen LogP contribution in [-0.4, -0.2) is 22.6 Å². The summed E-state index contributed by atoms with van der Waals surface area (Å²) in [5.41, 5.74) is -1.85. The SMILES string of the molecule is O=C1CCCC(=O)N1C(=O)c1ccccc1C(F)(F)F. The molecule has 0 aliphatic carbocycles. The lowest BCUT2D eigenvalue weighted by Gasteiger charge is -2.24. The fraction of sp³-hybridized carbons (Fsp3) is 0.308. The predicted molar refractivity (Wildman–Crippen MR) is 61.5 cm³/mol. The second-order valence-electron chi connectivity index (χ2n) is 4.32. The maximum Gasteiger partial charge on any atom is 0.417 e. The highest BCUT2D eigenvalue weighted by molar-refractivity contribution is 6.17. The standard InChI is InChI=1S/C13H10F3NO3/c14-13(15,16)9-5-2-1-4-8(9)12(20)17-10(18)6-3-7-11(17)19/h1-2,4-5H,3,6-7H2. The quantitative estimate of drug-likeness (QED) is 0.744. The first-order valence-electron chi connectivity index (χ1n) is 5.88. The van der Waals surface area contributed by atoms with Crippen molar-refractivity contribution >= 4 is 17.7 Å². The summed E-state index contributed by atoms with van der Waals surface area (Å²) in [6.07, 6.45) is -4.46. The lowest BCUT2D eigenvalue weighted by molar-refractivity contribution is -0.145. The van der Waals surface area contributed by atoms with Gasteiger partial charge in [-0.2, -0.15) is 13.2 Å². The minimum absolute atomic E-state index is 0.0222. The summed E-state index contributed by atoms with van der Waals surface area (Å²) in [6.45, 7) is 0. The highest BCUT2D eigenvalue weighted by Gasteiger charge is 2.39. The van der Waals surface area contributed by atoms with Gasteiger partial charge in [0, 0.05) is 12.8 Å². The van der Waals surface area contributed by atoms with E-state index in [0.29, 0.717) is 11.3 Å². The van der Waals surface area contributed by atoms with E-state index in [4.69, 9.17) is 0 Å². The van der Waals surface area contributed by atoms with Crippen molar-refractivity contribution in [2.24, 2.45) is 0 Å². The van der Waals surface area contributed by atoms with Crippen LogP contribution in [0, 0.1) is 0 Å². The number of alkyl halides is 3. The molecule has 1 aromatic carbocycles. The summed E-state index contributed by atoms with van der Waals surface area (Å²) in [7, 11) is 0. The van der Waals surface area contributed by atoms with Crippen LogP contribution in [-0.2, 0) is 15.8 Å². The molecule has 1 aromatic rings. The van der Waals surface area contributed by atoms with E-state index in [9.17, 15) is 27.6 Å². The molecule has 0 radical (unpaired) electrons. The topological polar surface area (TPSA) is 54.5 Å². The van der Waals surface area contributed by atoms with E-state index in [2.05, 4.69) is 0 Å². The third kappa shape index (κ3) is 2.56. The van der Waals surface area contributed by atoms with Gasteiger partial charge in [-0.15, -0.1) is 0 Å². The summed E-state index contributed by atoms with van der Waals surface area (Å²) in [4.78, 5) is 35.6. The number of hydrogen-bond donors (Lipinski definition) is 0. The summed E-state index contributed by atoms with van der Waals surface area (Å²) in [5, 5.41) is 0. The van der Waals surface area contributed by atoms with E-state index in [1.54, 1.807) is 0 Å². The number of piperidine rings is 1. The van der Waals surface area contributed by atoms with Gasteiger partial charge < -0.3 is 0 Å². The Hall–Kier alpha value is -2.18. The Morgan fingerprint density at radius 2 is 1.60 bits per heavy atom. The molecule has 20 heavy (non-hydrogen) atoms. The van der Waals surface area contributed by atoms with Crippen LogP contribution in [0.2, 0.25) is 0 Å². The van der Waals surface area contributed by atoms with Gasteiger partial charge in [0.25, 0.3) is 5.91 Å². The zero-order valence-electron chi connectivity index (χ0n) is 10.2. The Balaban J connectivity index is 2.44. The average Bonchev–Trinajstić information content (AvgIpc) is 2.37. The van der Waals surface area contributed by atoms with Gasteiger partial charge in [0.05, 0.1) is 11.1 Å². The molecule has 0 N–H and O–H groups in total. The second kappa shape index (κ2) is 5.07. The van der Waals surface area contributed by atoms with Gasteiger partial charge in [-0.25, -0.2) is 4.90 Å². The smallest absolute Gasteiger partial charge is 0.274 e. The van der Waals surface area contributed by atoms with Crippen LogP contribution >= 0.6 is 0 Å². The first-order valence-corrected chi connectivity index (χ1v) is 5.88. The van der Waals surface area contributed by atoms with Crippen LogP contribution in [0.3, 0.4) is 0 Å². The number of carbonyl (C=O) groups is 3. The highest BCUT2D eigenvalue weighted by atomic mass is 19.4. The zero-order chi connectivity index (χ0) is 14.9. The lowest BCUT2D eigenvalue weighted by atomic mass is 10.0. The van der Waals surface area contributed by atoms with Crippen molar-refractivity contribution in [1.82, 2.24) is 4.90 Å². The zero-order valence-corrected chi connectivity index (χ0v) is 10.2. The predicted octanol–water partition coefficient (Wildman–Crippen LogP) is 2.38. The largest absolute Gasteiger partial charge is 0.417 e. The third-order valence-corrected chi connectivity index (χ3v) is 2.95. The molecule has 0 spiro atoms. The molecule has 1 heterocycles. The molecule has 7 heteroatoms. The molecule has 0 bridgehead atoms. The molecule has 1 saturated heterocycles. The van der Waals surface area contributed by atoms with Crippen LogP contribution in [0.15, 0.2) is 24.3 Å². The maximum atomic E-state index is 12.8. The van der Waals surface area contributed by atoms with E-state index >= 15 is 0 Å². The number of likely N-dealkylation sites (tertiary alicyclic amines) is 1. The lowest BCUT2D eigenvalue weighted by Crippen LogP contribution is -2.44. The molecule has 1 fully saturated rings. The van der Waals surface area contributed by atoms with Crippen LogP contribution in [0.5, 0.6) is 0 Å².